The summed E-state index contributed by atoms with van der Waals surface area (Å²) >= 11 is 5.93. The van der Waals surface area contributed by atoms with Gasteiger partial charge in [0.25, 0.3) is 0 Å². The van der Waals surface area contributed by atoms with E-state index in [1.165, 1.54) is 0 Å². The van der Waals surface area contributed by atoms with Gasteiger partial charge in [-0.05, 0) is 12.3 Å². The highest BCUT2D eigenvalue weighted by atomic mass is 35.5. The van der Waals surface area contributed by atoms with E-state index in [4.69, 9.17) is 16.8 Å². The molecule has 2 bridgehead atoms. The molecule has 0 unspecified atom stereocenters. The van der Waals surface area contributed by atoms with E-state index >= 15 is 0 Å². The fourth-order valence-corrected chi connectivity index (χ4v) is 2.11. The fourth-order valence-electron chi connectivity index (χ4n) is 1.72. The van der Waals surface area contributed by atoms with Crippen molar-refractivity contribution >= 4 is 17.3 Å². The van der Waals surface area contributed by atoms with Crippen LogP contribution in [0.5, 0.6) is 0 Å². The van der Waals surface area contributed by atoms with E-state index in [2.05, 4.69) is 17.3 Å². The summed E-state index contributed by atoms with van der Waals surface area (Å²) in [5, 5.41) is 11.7. The molecular weight excluding hydrogens is 150 g/mol. The molecule has 54 valence electrons. The number of oxime groups is 1. The molecule has 0 aromatic heterocycles. The molecule has 0 heterocycles. The number of fused-ring (bicyclic) bond motifs is 2. The number of halogens is 1. The highest BCUT2D eigenvalue weighted by Crippen LogP contribution is 2.39. The second-order valence-electron chi connectivity index (χ2n) is 2.82. The maximum Gasteiger partial charge on any atom is 0.0823 e. The van der Waals surface area contributed by atoms with Crippen molar-refractivity contribution in [3.63, 3.8) is 0 Å². The van der Waals surface area contributed by atoms with Crippen LogP contribution >= 0.6 is 11.6 Å². The number of rotatable bonds is 0. The molecule has 2 rings (SSSR count). The molecule has 2 aliphatic carbocycles. The molecule has 0 saturated heterocycles. The summed E-state index contributed by atoms with van der Waals surface area (Å²) < 4.78 is 0. The van der Waals surface area contributed by atoms with Gasteiger partial charge in [0.15, 0.2) is 0 Å². The van der Waals surface area contributed by atoms with E-state index in [-0.39, 0.29) is 5.38 Å². The SMILES string of the molecule is O/N=C1\[C@H]2C=C[C@H](C2)[C@H]1Cl. The van der Waals surface area contributed by atoms with Gasteiger partial charge in [-0.1, -0.05) is 17.3 Å². The minimum atomic E-state index is -0.0556. The maximum absolute atomic E-state index is 8.53. The van der Waals surface area contributed by atoms with Crippen molar-refractivity contribution in [2.24, 2.45) is 17.0 Å². The molecular formula is C7H8ClNO. The second kappa shape index (κ2) is 1.99. The first kappa shape index (κ1) is 6.23. The monoisotopic (exact) mass is 157 g/mol. The number of hydrogen-bond acceptors (Lipinski definition) is 2. The zero-order valence-corrected chi connectivity index (χ0v) is 6.12. The van der Waals surface area contributed by atoms with Gasteiger partial charge in [-0.3, -0.25) is 0 Å². The summed E-state index contributed by atoms with van der Waals surface area (Å²) in [6.45, 7) is 0. The van der Waals surface area contributed by atoms with Crippen LogP contribution in [0.4, 0.5) is 0 Å². The van der Waals surface area contributed by atoms with Gasteiger partial charge in [0.05, 0.1) is 11.1 Å². The molecule has 0 aromatic carbocycles. The third-order valence-corrected chi connectivity index (χ3v) is 2.82. The minimum Gasteiger partial charge on any atom is -0.411 e. The van der Waals surface area contributed by atoms with Gasteiger partial charge in [-0.25, -0.2) is 0 Å². The van der Waals surface area contributed by atoms with Crippen molar-refractivity contribution in [1.82, 2.24) is 0 Å². The van der Waals surface area contributed by atoms with Gasteiger partial charge in [0.2, 0.25) is 0 Å². The van der Waals surface area contributed by atoms with Crippen LogP contribution in [0.15, 0.2) is 17.3 Å². The zero-order chi connectivity index (χ0) is 7.14. The number of allylic oxidation sites excluding steroid dienone is 2. The average Bonchev–Trinajstić information content (AvgIpc) is 2.46. The summed E-state index contributed by atoms with van der Waals surface area (Å²) in [6.07, 6.45) is 5.21. The average molecular weight is 158 g/mol. The summed E-state index contributed by atoms with van der Waals surface area (Å²) in [4.78, 5) is 0. The van der Waals surface area contributed by atoms with Gasteiger partial charge >= 0.3 is 0 Å². The molecule has 0 aliphatic heterocycles. The second-order valence-corrected chi connectivity index (χ2v) is 3.29. The van der Waals surface area contributed by atoms with E-state index in [1.54, 1.807) is 0 Å². The third kappa shape index (κ3) is 0.626. The molecule has 2 nitrogen and oxygen atoms in total. The lowest BCUT2D eigenvalue weighted by Crippen LogP contribution is -2.19. The molecule has 3 heteroatoms. The quantitative estimate of drug-likeness (QED) is 0.247. The molecule has 10 heavy (non-hydrogen) atoms. The van der Waals surface area contributed by atoms with Crippen molar-refractivity contribution in [2.45, 2.75) is 11.8 Å². The van der Waals surface area contributed by atoms with Gasteiger partial charge in [0, 0.05) is 5.92 Å². The first-order valence-corrected chi connectivity index (χ1v) is 3.81. The Morgan fingerprint density at radius 1 is 1.60 bits per heavy atom. The summed E-state index contributed by atoms with van der Waals surface area (Å²) in [5.74, 6) is 0.732. The van der Waals surface area contributed by atoms with Crippen molar-refractivity contribution in [1.29, 1.82) is 0 Å². The van der Waals surface area contributed by atoms with Crippen LogP contribution in [0.25, 0.3) is 0 Å². The molecule has 0 spiro atoms. The van der Waals surface area contributed by atoms with Crippen LogP contribution in [0.3, 0.4) is 0 Å². The third-order valence-electron chi connectivity index (χ3n) is 2.27. The largest absolute Gasteiger partial charge is 0.411 e. The van der Waals surface area contributed by atoms with Crippen LogP contribution < -0.4 is 0 Å². The number of hydrogen-bond donors (Lipinski definition) is 1. The molecule has 1 fully saturated rings. The van der Waals surface area contributed by atoms with Crippen LogP contribution in [-0.2, 0) is 0 Å². The van der Waals surface area contributed by atoms with Crippen LogP contribution in [0, 0.1) is 11.8 Å². The van der Waals surface area contributed by atoms with E-state index in [0.29, 0.717) is 11.8 Å². The normalized spacial score (nSPS) is 47.3. The minimum absolute atomic E-state index is 0.0556. The van der Waals surface area contributed by atoms with E-state index < -0.39 is 0 Å². The number of nitrogens with zero attached hydrogens (tertiary/aromatic N) is 1. The Balaban J connectivity index is 2.34. The first-order valence-electron chi connectivity index (χ1n) is 3.37. The van der Waals surface area contributed by atoms with Crippen molar-refractivity contribution < 1.29 is 5.21 Å². The van der Waals surface area contributed by atoms with Crippen LogP contribution in [-0.4, -0.2) is 16.3 Å². The topological polar surface area (TPSA) is 32.6 Å². The lowest BCUT2D eigenvalue weighted by atomic mass is 10.1. The number of alkyl halides is 1. The van der Waals surface area contributed by atoms with Gasteiger partial charge in [-0.2, -0.15) is 0 Å². The summed E-state index contributed by atoms with van der Waals surface area (Å²) in [6, 6.07) is 0. The van der Waals surface area contributed by atoms with E-state index in [1.807, 2.05) is 0 Å². The molecule has 3 atom stereocenters. The maximum atomic E-state index is 8.53. The highest BCUT2D eigenvalue weighted by Gasteiger charge is 2.40. The molecule has 2 aliphatic rings. The highest BCUT2D eigenvalue weighted by molar-refractivity contribution is 6.34. The predicted molar refractivity (Wildman–Crippen MR) is 39.6 cm³/mol. The van der Waals surface area contributed by atoms with Crippen LogP contribution in [0.1, 0.15) is 6.42 Å². The summed E-state index contributed by atoms with van der Waals surface area (Å²) in [7, 11) is 0. The Bertz CT molecular complexity index is 212. The Morgan fingerprint density at radius 3 is 2.80 bits per heavy atom. The Kier molecular flexibility index (Phi) is 1.24. The van der Waals surface area contributed by atoms with E-state index in [9.17, 15) is 0 Å². The van der Waals surface area contributed by atoms with Crippen molar-refractivity contribution in [2.75, 3.05) is 0 Å². The van der Waals surface area contributed by atoms with Gasteiger partial charge in [0.1, 0.15) is 0 Å². The molecule has 1 N–H and O–H groups in total. The zero-order valence-electron chi connectivity index (χ0n) is 5.37. The van der Waals surface area contributed by atoms with Gasteiger partial charge in [-0.15, -0.1) is 11.6 Å². The van der Waals surface area contributed by atoms with Gasteiger partial charge < -0.3 is 5.21 Å². The van der Waals surface area contributed by atoms with Crippen molar-refractivity contribution in [3.8, 4) is 0 Å². The summed E-state index contributed by atoms with van der Waals surface area (Å²) in [5.41, 5.74) is 0.745. The standard InChI is InChI=1S/C7H8ClNO/c8-6-4-1-2-5(3-4)7(6)9-10/h1-2,4-6,10H,3H2/b9-7+/t4-,5+,6-/m1/s1. The fraction of sp³-hybridized carbons (Fsp3) is 0.571. The Morgan fingerprint density at radius 2 is 2.40 bits per heavy atom. The molecule has 1 saturated carbocycles. The molecule has 0 aromatic rings. The lowest BCUT2D eigenvalue weighted by Gasteiger charge is -2.10. The lowest BCUT2D eigenvalue weighted by molar-refractivity contribution is 0.316. The first-order chi connectivity index (χ1) is 4.83. The molecule has 0 radical (unpaired) electrons. The molecule has 0 amide bonds. The smallest absolute Gasteiger partial charge is 0.0823 e. The van der Waals surface area contributed by atoms with Crippen LogP contribution in [0.2, 0.25) is 0 Å². The predicted octanol–water partition coefficient (Wildman–Crippen LogP) is 1.63. The van der Waals surface area contributed by atoms with E-state index in [0.717, 1.165) is 12.1 Å². The Labute approximate surface area is 64.2 Å². The van der Waals surface area contributed by atoms with Crippen molar-refractivity contribution in [3.05, 3.63) is 12.2 Å². The Hall–Kier alpha value is -0.500.